The minimum Gasteiger partial charge on any atom is -0.368 e. The van der Waals surface area contributed by atoms with Gasteiger partial charge in [-0.15, -0.1) is 0 Å². The van der Waals surface area contributed by atoms with E-state index in [1.165, 1.54) is 18.4 Å². The van der Waals surface area contributed by atoms with Gasteiger partial charge >= 0.3 is 0 Å². The van der Waals surface area contributed by atoms with E-state index in [9.17, 15) is 4.79 Å². The van der Waals surface area contributed by atoms with Crippen LogP contribution in [-0.2, 0) is 9.53 Å². The lowest BCUT2D eigenvalue weighted by Gasteiger charge is -2.24. The van der Waals surface area contributed by atoms with Crippen molar-refractivity contribution >= 4 is 5.91 Å². The van der Waals surface area contributed by atoms with Gasteiger partial charge in [0.05, 0.1) is 6.10 Å². The molecule has 2 aliphatic rings. The van der Waals surface area contributed by atoms with Gasteiger partial charge in [0.1, 0.15) is 6.61 Å². The molecule has 0 spiro atoms. The van der Waals surface area contributed by atoms with Crippen molar-refractivity contribution in [2.45, 2.75) is 57.2 Å². The molecule has 0 bridgehead atoms. The third-order valence-electron chi connectivity index (χ3n) is 5.17. The van der Waals surface area contributed by atoms with Gasteiger partial charge in [-0.25, -0.2) is 0 Å². The molecule has 3 rings (SSSR count). The molecule has 1 N–H and O–H groups in total. The van der Waals surface area contributed by atoms with Crippen LogP contribution < -0.4 is 5.32 Å². The summed E-state index contributed by atoms with van der Waals surface area (Å²) in [6.07, 6.45) is 6.02. The summed E-state index contributed by atoms with van der Waals surface area (Å²) in [5.74, 6) is 0.0381. The fraction of sp³-hybridized carbons (Fsp3) is 0.632. The SMILES string of the molecule is C[C@@H](c1ccccc1)N1CC[C@@H](NC(=O)COC2CCCC2)C1. The van der Waals surface area contributed by atoms with Gasteiger partial charge in [-0.3, -0.25) is 9.69 Å². The summed E-state index contributed by atoms with van der Waals surface area (Å²) in [4.78, 5) is 14.5. The van der Waals surface area contributed by atoms with Crippen LogP contribution in [0.4, 0.5) is 0 Å². The molecule has 2 atom stereocenters. The monoisotopic (exact) mass is 316 g/mol. The van der Waals surface area contributed by atoms with E-state index >= 15 is 0 Å². The molecule has 0 unspecified atom stereocenters. The lowest BCUT2D eigenvalue weighted by molar-refractivity contribution is -0.128. The normalized spacial score (nSPS) is 24.0. The predicted molar refractivity (Wildman–Crippen MR) is 91.2 cm³/mol. The highest BCUT2D eigenvalue weighted by molar-refractivity contribution is 5.77. The molecule has 0 aromatic heterocycles. The minimum absolute atomic E-state index is 0.0381. The second-order valence-corrected chi connectivity index (χ2v) is 6.85. The average Bonchev–Trinajstić information content (AvgIpc) is 3.25. The Morgan fingerprint density at radius 2 is 2.00 bits per heavy atom. The quantitative estimate of drug-likeness (QED) is 0.877. The summed E-state index contributed by atoms with van der Waals surface area (Å²) in [6.45, 7) is 4.41. The Hall–Kier alpha value is -1.39. The molecule has 23 heavy (non-hydrogen) atoms. The van der Waals surface area contributed by atoms with E-state index in [1.807, 2.05) is 6.07 Å². The number of benzene rings is 1. The Kier molecular flexibility index (Phi) is 5.68. The second kappa shape index (κ2) is 7.93. The van der Waals surface area contributed by atoms with Gasteiger partial charge in [0.2, 0.25) is 5.91 Å². The molecule has 1 aliphatic heterocycles. The zero-order valence-electron chi connectivity index (χ0n) is 14.0. The number of likely N-dealkylation sites (tertiary alicyclic amines) is 1. The van der Waals surface area contributed by atoms with Gasteiger partial charge in [0.25, 0.3) is 0 Å². The second-order valence-electron chi connectivity index (χ2n) is 6.85. The highest BCUT2D eigenvalue weighted by atomic mass is 16.5. The Balaban J connectivity index is 1.41. The number of hydrogen-bond donors (Lipinski definition) is 1. The highest BCUT2D eigenvalue weighted by Crippen LogP contribution is 2.24. The minimum atomic E-state index is 0.0381. The van der Waals surface area contributed by atoms with E-state index in [-0.39, 0.29) is 18.6 Å². The number of carbonyl (C=O) groups excluding carboxylic acids is 1. The van der Waals surface area contributed by atoms with Crippen LogP contribution in [0.5, 0.6) is 0 Å². The van der Waals surface area contributed by atoms with Crippen molar-refractivity contribution in [2.24, 2.45) is 0 Å². The summed E-state index contributed by atoms with van der Waals surface area (Å²) >= 11 is 0. The van der Waals surface area contributed by atoms with Crippen molar-refractivity contribution in [3.05, 3.63) is 35.9 Å². The summed E-state index contributed by atoms with van der Waals surface area (Å²) in [5, 5.41) is 3.13. The van der Waals surface area contributed by atoms with Crippen LogP contribution in [0.25, 0.3) is 0 Å². The maximum absolute atomic E-state index is 12.0. The first kappa shape index (κ1) is 16.5. The maximum Gasteiger partial charge on any atom is 0.246 e. The molecule has 4 heteroatoms. The summed E-state index contributed by atoms with van der Waals surface area (Å²) in [7, 11) is 0. The number of nitrogens with zero attached hydrogens (tertiary/aromatic N) is 1. The number of ether oxygens (including phenoxy) is 1. The molecule has 1 amide bonds. The van der Waals surface area contributed by atoms with Gasteiger partial charge in [-0.05, 0) is 31.7 Å². The van der Waals surface area contributed by atoms with E-state index in [0.29, 0.717) is 12.1 Å². The van der Waals surface area contributed by atoms with Crippen molar-refractivity contribution in [1.29, 1.82) is 0 Å². The van der Waals surface area contributed by atoms with Crippen LogP contribution >= 0.6 is 0 Å². The van der Waals surface area contributed by atoms with Crippen molar-refractivity contribution in [3.8, 4) is 0 Å². The zero-order valence-corrected chi connectivity index (χ0v) is 14.0. The van der Waals surface area contributed by atoms with Crippen molar-refractivity contribution in [1.82, 2.24) is 10.2 Å². The molecule has 1 aromatic carbocycles. The van der Waals surface area contributed by atoms with Gasteiger partial charge in [-0.1, -0.05) is 43.2 Å². The summed E-state index contributed by atoms with van der Waals surface area (Å²) in [6, 6.07) is 11.2. The lowest BCUT2D eigenvalue weighted by atomic mass is 10.1. The highest BCUT2D eigenvalue weighted by Gasteiger charge is 2.28. The molecule has 0 radical (unpaired) electrons. The number of hydrogen-bond acceptors (Lipinski definition) is 3. The topological polar surface area (TPSA) is 41.6 Å². The Morgan fingerprint density at radius 3 is 2.74 bits per heavy atom. The smallest absolute Gasteiger partial charge is 0.246 e. The standard InChI is InChI=1S/C19H28N2O2/c1-15(16-7-3-2-4-8-16)21-12-11-17(13-21)20-19(22)14-23-18-9-5-6-10-18/h2-4,7-8,15,17-18H,5-6,9-14H2,1H3,(H,20,22)/t15-,17+/m0/s1. The number of amides is 1. The van der Waals surface area contributed by atoms with Crippen LogP contribution in [0.15, 0.2) is 30.3 Å². The van der Waals surface area contributed by atoms with Crippen molar-refractivity contribution in [3.63, 3.8) is 0 Å². The Bertz CT molecular complexity index is 499. The van der Waals surface area contributed by atoms with Crippen LogP contribution in [0.1, 0.15) is 50.6 Å². The molecule has 1 saturated heterocycles. The lowest BCUT2D eigenvalue weighted by Crippen LogP contribution is -2.39. The molecule has 1 aromatic rings. The first-order valence-corrected chi connectivity index (χ1v) is 8.92. The van der Waals surface area contributed by atoms with E-state index in [1.54, 1.807) is 0 Å². The molecule has 1 saturated carbocycles. The van der Waals surface area contributed by atoms with E-state index < -0.39 is 0 Å². The van der Waals surface area contributed by atoms with Crippen LogP contribution in [0, 0.1) is 0 Å². The molecule has 126 valence electrons. The maximum atomic E-state index is 12.0. The number of carbonyl (C=O) groups is 1. The third-order valence-corrected chi connectivity index (χ3v) is 5.17. The zero-order chi connectivity index (χ0) is 16.1. The van der Waals surface area contributed by atoms with Crippen LogP contribution in [-0.4, -0.2) is 42.6 Å². The van der Waals surface area contributed by atoms with Crippen molar-refractivity contribution < 1.29 is 9.53 Å². The summed E-state index contributed by atoms with van der Waals surface area (Å²) in [5.41, 5.74) is 1.34. The first-order chi connectivity index (χ1) is 11.2. The first-order valence-electron chi connectivity index (χ1n) is 8.92. The van der Waals surface area contributed by atoms with E-state index in [2.05, 4.69) is 41.4 Å². The Morgan fingerprint density at radius 1 is 1.26 bits per heavy atom. The van der Waals surface area contributed by atoms with E-state index in [0.717, 1.165) is 32.4 Å². The molecular weight excluding hydrogens is 288 g/mol. The van der Waals surface area contributed by atoms with Gasteiger partial charge in [0, 0.05) is 25.2 Å². The molecule has 2 fully saturated rings. The Labute approximate surface area is 139 Å². The van der Waals surface area contributed by atoms with Crippen LogP contribution in [0.2, 0.25) is 0 Å². The molecule has 4 nitrogen and oxygen atoms in total. The van der Waals surface area contributed by atoms with Crippen LogP contribution in [0.3, 0.4) is 0 Å². The third kappa shape index (κ3) is 4.55. The summed E-state index contributed by atoms with van der Waals surface area (Å²) < 4.78 is 5.69. The molecule has 1 heterocycles. The van der Waals surface area contributed by atoms with Crippen molar-refractivity contribution in [2.75, 3.05) is 19.7 Å². The fourth-order valence-corrected chi connectivity index (χ4v) is 3.72. The predicted octanol–water partition coefficient (Wildman–Crippen LogP) is 2.90. The number of nitrogens with one attached hydrogen (secondary N) is 1. The molecular formula is C19H28N2O2. The molecule has 1 aliphatic carbocycles. The van der Waals surface area contributed by atoms with Gasteiger partial charge in [-0.2, -0.15) is 0 Å². The van der Waals surface area contributed by atoms with Gasteiger partial charge < -0.3 is 10.1 Å². The largest absolute Gasteiger partial charge is 0.368 e. The average molecular weight is 316 g/mol. The number of rotatable bonds is 6. The fourth-order valence-electron chi connectivity index (χ4n) is 3.72. The van der Waals surface area contributed by atoms with E-state index in [4.69, 9.17) is 4.74 Å². The van der Waals surface area contributed by atoms with Gasteiger partial charge in [0.15, 0.2) is 0 Å².